The normalized spacial score (nSPS) is 9.83. The average Bonchev–Trinajstić information content (AvgIpc) is 2.73. The van der Waals surface area contributed by atoms with Crippen LogP contribution in [0.3, 0.4) is 0 Å². The highest BCUT2D eigenvalue weighted by molar-refractivity contribution is 7.18. The summed E-state index contributed by atoms with van der Waals surface area (Å²) in [6.45, 7) is 4.29. The maximum Gasteiger partial charge on any atom is 0.304 e. The van der Waals surface area contributed by atoms with E-state index in [2.05, 4.69) is 5.92 Å². The minimum absolute atomic E-state index is 0.0473. The Balaban J connectivity index is 3.22. The molecule has 0 aliphatic heterocycles. The van der Waals surface area contributed by atoms with Crippen LogP contribution in [0, 0.1) is 22.5 Å². The van der Waals surface area contributed by atoms with Crippen molar-refractivity contribution in [3.8, 4) is 12.3 Å². The van der Waals surface area contributed by atoms with Crippen LogP contribution in [-0.4, -0.2) is 23.8 Å². The second kappa shape index (κ2) is 6.17. The number of nitro groups is 1. The molecule has 0 fully saturated rings. The second-order valence-electron chi connectivity index (χ2n) is 3.74. The van der Waals surface area contributed by atoms with Crippen molar-refractivity contribution in [2.75, 3.05) is 18.0 Å². The Kier molecular flexibility index (Phi) is 4.86. The van der Waals surface area contributed by atoms with Gasteiger partial charge in [0.15, 0.2) is 10.8 Å². The first-order valence-corrected chi connectivity index (χ1v) is 6.30. The summed E-state index contributed by atoms with van der Waals surface area (Å²) in [7, 11) is 0. The van der Waals surface area contributed by atoms with E-state index in [4.69, 9.17) is 6.42 Å². The van der Waals surface area contributed by atoms with E-state index >= 15 is 0 Å². The van der Waals surface area contributed by atoms with Gasteiger partial charge in [-0.15, -0.1) is 17.8 Å². The Bertz CT molecular complexity index is 502. The number of thiophene rings is 1. The van der Waals surface area contributed by atoms with Crippen LogP contribution in [0.5, 0.6) is 0 Å². The van der Waals surface area contributed by atoms with E-state index < -0.39 is 4.92 Å². The van der Waals surface area contributed by atoms with Crippen LogP contribution in [-0.2, 0) is 0 Å². The SMILES string of the molecule is C#CCN(CCC)c1sc(C(C)=O)cc1[N+](=O)[O-]. The largest absolute Gasteiger partial charge is 0.347 e. The molecule has 0 saturated heterocycles. The van der Waals surface area contributed by atoms with Crippen molar-refractivity contribution >= 4 is 27.8 Å². The number of nitrogens with zero attached hydrogens (tertiary/aromatic N) is 2. The molecule has 0 amide bonds. The van der Waals surface area contributed by atoms with E-state index in [1.54, 1.807) is 4.90 Å². The third-order valence-electron chi connectivity index (χ3n) is 2.30. The van der Waals surface area contributed by atoms with Crippen molar-refractivity contribution in [3.05, 3.63) is 21.1 Å². The van der Waals surface area contributed by atoms with Gasteiger partial charge in [-0.25, -0.2) is 0 Å². The number of terminal acetylenes is 1. The lowest BCUT2D eigenvalue weighted by Crippen LogP contribution is -2.23. The van der Waals surface area contributed by atoms with Gasteiger partial charge in [-0.2, -0.15) is 0 Å². The van der Waals surface area contributed by atoms with Crippen LogP contribution in [0.2, 0.25) is 0 Å². The van der Waals surface area contributed by atoms with Gasteiger partial charge in [0.1, 0.15) is 0 Å². The van der Waals surface area contributed by atoms with Crippen LogP contribution >= 0.6 is 11.3 Å². The monoisotopic (exact) mass is 266 g/mol. The number of rotatable bonds is 6. The molecule has 0 bridgehead atoms. The minimum atomic E-state index is -0.475. The fourth-order valence-electron chi connectivity index (χ4n) is 1.54. The van der Waals surface area contributed by atoms with E-state index in [0.29, 0.717) is 23.0 Å². The summed E-state index contributed by atoms with van der Waals surface area (Å²) in [5.74, 6) is 2.31. The summed E-state index contributed by atoms with van der Waals surface area (Å²) < 4.78 is 0. The molecule has 1 rings (SSSR count). The Morgan fingerprint density at radius 2 is 2.33 bits per heavy atom. The van der Waals surface area contributed by atoms with E-state index in [1.165, 1.54) is 13.0 Å². The zero-order valence-electron chi connectivity index (χ0n) is 10.3. The minimum Gasteiger partial charge on any atom is -0.347 e. The van der Waals surface area contributed by atoms with E-state index in [-0.39, 0.29) is 11.5 Å². The molecule has 5 nitrogen and oxygen atoms in total. The summed E-state index contributed by atoms with van der Waals surface area (Å²) in [5.41, 5.74) is -0.0473. The number of anilines is 1. The molecule has 0 unspecified atom stereocenters. The molecule has 1 aromatic heterocycles. The topological polar surface area (TPSA) is 63.5 Å². The number of carbonyl (C=O) groups excluding carboxylic acids is 1. The van der Waals surface area contributed by atoms with Crippen LogP contribution < -0.4 is 4.90 Å². The molecule has 0 radical (unpaired) electrons. The molecule has 0 aliphatic carbocycles. The highest BCUT2D eigenvalue weighted by Gasteiger charge is 2.24. The van der Waals surface area contributed by atoms with Gasteiger partial charge in [0.2, 0.25) is 0 Å². The summed E-state index contributed by atoms with van der Waals surface area (Å²) in [5, 5.41) is 11.5. The Morgan fingerprint density at radius 1 is 1.67 bits per heavy atom. The summed E-state index contributed by atoms with van der Waals surface area (Å²) in [6, 6.07) is 1.32. The van der Waals surface area contributed by atoms with E-state index in [9.17, 15) is 14.9 Å². The molecule has 6 heteroatoms. The molecule has 1 aromatic rings. The molecule has 0 atom stereocenters. The average molecular weight is 266 g/mol. The summed E-state index contributed by atoms with van der Waals surface area (Å²) in [6.07, 6.45) is 6.09. The predicted octanol–water partition coefficient (Wildman–Crippen LogP) is 2.71. The highest BCUT2D eigenvalue weighted by Crippen LogP contribution is 2.37. The summed E-state index contributed by atoms with van der Waals surface area (Å²) >= 11 is 1.12. The first-order valence-electron chi connectivity index (χ1n) is 5.48. The fraction of sp³-hybridized carbons (Fsp3) is 0.417. The maximum atomic E-state index is 11.3. The van der Waals surface area contributed by atoms with Crippen LogP contribution in [0.25, 0.3) is 0 Å². The molecule has 0 aliphatic rings. The molecule has 0 N–H and O–H groups in total. The highest BCUT2D eigenvalue weighted by atomic mass is 32.1. The van der Waals surface area contributed by atoms with Crippen molar-refractivity contribution in [1.82, 2.24) is 0 Å². The lowest BCUT2D eigenvalue weighted by atomic mass is 10.3. The van der Waals surface area contributed by atoms with Gasteiger partial charge < -0.3 is 4.90 Å². The molecular formula is C12H14N2O3S. The van der Waals surface area contributed by atoms with Gasteiger partial charge >= 0.3 is 5.69 Å². The van der Waals surface area contributed by atoms with Crippen LogP contribution in [0.1, 0.15) is 29.9 Å². The van der Waals surface area contributed by atoms with E-state index in [1.807, 2.05) is 6.92 Å². The lowest BCUT2D eigenvalue weighted by molar-refractivity contribution is -0.383. The standard InChI is InChI=1S/C12H14N2O3S/c1-4-6-13(7-5-2)12-10(14(16)17)8-11(18-12)9(3)15/h1,8H,5-7H2,2-3H3. The van der Waals surface area contributed by atoms with Gasteiger partial charge in [0, 0.05) is 12.6 Å². The zero-order chi connectivity index (χ0) is 13.7. The molecule has 96 valence electrons. The van der Waals surface area contributed by atoms with Crippen LogP contribution in [0.4, 0.5) is 10.7 Å². The summed E-state index contributed by atoms with van der Waals surface area (Å²) in [4.78, 5) is 24.0. The Hall–Kier alpha value is -1.87. The first-order chi connectivity index (χ1) is 8.51. The molecule has 0 saturated carbocycles. The molecule has 0 aromatic carbocycles. The van der Waals surface area contributed by atoms with Gasteiger partial charge in [0.25, 0.3) is 0 Å². The predicted molar refractivity (Wildman–Crippen MR) is 72.3 cm³/mol. The van der Waals surface area contributed by atoms with Gasteiger partial charge in [0.05, 0.1) is 16.3 Å². The van der Waals surface area contributed by atoms with Crippen molar-refractivity contribution in [1.29, 1.82) is 0 Å². The van der Waals surface area contributed by atoms with Crippen molar-refractivity contribution in [2.24, 2.45) is 0 Å². The molecule has 0 spiro atoms. The Morgan fingerprint density at radius 3 is 2.78 bits per heavy atom. The number of hydrogen-bond donors (Lipinski definition) is 0. The van der Waals surface area contributed by atoms with Gasteiger partial charge in [-0.3, -0.25) is 14.9 Å². The molecular weight excluding hydrogens is 252 g/mol. The third kappa shape index (κ3) is 3.08. The molecule has 1 heterocycles. The zero-order valence-corrected chi connectivity index (χ0v) is 11.1. The smallest absolute Gasteiger partial charge is 0.304 e. The first kappa shape index (κ1) is 14.2. The van der Waals surface area contributed by atoms with Crippen molar-refractivity contribution in [3.63, 3.8) is 0 Å². The quantitative estimate of drug-likeness (QED) is 0.344. The number of hydrogen-bond acceptors (Lipinski definition) is 5. The van der Waals surface area contributed by atoms with Crippen molar-refractivity contribution < 1.29 is 9.72 Å². The second-order valence-corrected chi connectivity index (χ2v) is 4.77. The van der Waals surface area contributed by atoms with Crippen LogP contribution in [0.15, 0.2) is 6.07 Å². The fourth-order valence-corrected chi connectivity index (χ4v) is 2.58. The number of carbonyl (C=O) groups is 1. The number of Topliss-reactive ketones (excluding diaryl/α,β-unsaturated/α-hetero) is 1. The van der Waals surface area contributed by atoms with Gasteiger partial charge in [-0.05, 0) is 13.3 Å². The Labute approximate surface area is 110 Å². The van der Waals surface area contributed by atoms with Gasteiger partial charge in [-0.1, -0.05) is 12.8 Å². The number of ketones is 1. The lowest BCUT2D eigenvalue weighted by Gasteiger charge is -2.18. The third-order valence-corrected chi connectivity index (χ3v) is 3.59. The van der Waals surface area contributed by atoms with E-state index in [0.717, 1.165) is 17.8 Å². The molecule has 18 heavy (non-hydrogen) atoms. The van der Waals surface area contributed by atoms with Crippen molar-refractivity contribution in [2.45, 2.75) is 20.3 Å². The maximum absolute atomic E-state index is 11.3.